The topological polar surface area (TPSA) is 63.2 Å². The fourth-order valence-corrected chi connectivity index (χ4v) is 3.13. The summed E-state index contributed by atoms with van der Waals surface area (Å²) in [4.78, 5) is 0. The highest BCUT2D eigenvalue weighted by Gasteiger charge is 2.14. The molecule has 138 valence electrons. The van der Waals surface area contributed by atoms with Crippen LogP contribution in [0.1, 0.15) is 19.8 Å². The maximum atomic E-state index is 10.4. The highest BCUT2D eigenvalue weighted by Crippen LogP contribution is 2.17. The first-order valence-electron chi connectivity index (χ1n) is 8.89. The molecule has 1 aromatic heterocycles. The lowest BCUT2D eigenvalue weighted by Gasteiger charge is -2.14. The molecule has 3 rings (SSSR count). The molecule has 0 radical (unpaired) electrons. The van der Waals surface area contributed by atoms with Gasteiger partial charge in [0.15, 0.2) is 0 Å². The third-order valence-electron chi connectivity index (χ3n) is 4.36. The Bertz CT molecular complexity index is 915. The molecule has 6 heteroatoms. The minimum Gasteiger partial charge on any atom is -0.491 e. The zero-order chi connectivity index (χ0) is 18.5. The Labute approximate surface area is 157 Å². The average molecular weight is 374 g/mol. The van der Waals surface area contributed by atoms with Crippen LogP contribution in [0, 0.1) is 5.41 Å². The van der Waals surface area contributed by atoms with Crippen LogP contribution in [0.4, 0.5) is 0 Å². The van der Waals surface area contributed by atoms with Gasteiger partial charge in [-0.1, -0.05) is 37.1 Å². The molecule has 1 heterocycles. The van der Waals surface area contributed by atoms with Gasteiger partial charge in [0.25, 0.3) is 0 Å². The standard InChI is InChI=1S/C20H24ClN3O2/c1-2-3-12-23-18-6-4-5-7-19(18)24(20(23)22)13-16(25)14-26-17-10-8-15(21)9-11-17/h4-11,16,22,25H,2-3,12-14H2,1H3. The molecule has 1 atom stereocenters. The van der Waals surface area contributed by atoms with Crippen LogP contribution in [-0.2, 0) is 13.1 Å². The van der Waals surface area contributed by atoms with Crippen LogP contribution < -0.4 is 10.4 Å². The third kappa shape index (κ3) is 4.11. The first-order chi connectivity index (χ1) is 12.6. The van der Waals surface area contributed by atoms with Crippen LogP contribution in [0.2, 0.25) is 5.02 Å². The number of aryl methyl sites for hydroxylation is 1. The minimum absolute atomic E-state index is 0.155. The van der Waals surface area contributed by atoms with Gasteiger partial charge in [-0.25, -0.2) is 0 Å². The molecule has 0 aliphatic carbocycles. The second kappa shape index (κ2) is 8.43. The number of halogens is 1. The molecule has 2 N–H and O–H groups in total. The number of ether oxygens (including phenoxy) is 1. The fourth-order valence-electron chi connectivity index (χ4n) is 3.01. The Hall–Kier alpha value is -2.24. The van der Waals surface area contributed by atoms with E-state index in [1.54, 1.807) is 24.3 Å². The number of aromatic nitrogens is 2. The second-order valence-electron chi connectivity index (χ2n) is 6.35. The molecule has 26 heavy (non-hydrogen) atoms. The number of imidazole rings is 1. The lowest BCUT2D eigenvalue weighted by molar-refractivity contribution is 0.0921. The van der Waals surface area contributed by atoms with E-state index in [-0.39, 0.29) is 6.61 Å². The zero-order valence-electron chi connectivity index (χ0n) is 14.9. The summed E-state index contributed by atoms with van der Waals surface area (Å²) < 4.78 is 9.48. The molecule has 0 aliphatic heterocycles. The lowest BCUT2D eigenvalue weighted by Crippen LogP contribution is -2.31. The number of fused-ring (bicyclic) bond motifs is 1. The van der Waals surface area contributed by atoms with Gasteiger partial charge in [0, 0.05) is 11.6 Å². The van der Waals surface area contributed by atoms with Crippen LogP contribution >= 0.6 is 11.6 Å². The van der Waals surface area contributed by atoms with Gasteiger partial charge in [-0.2, -0.15) is 0 Å². The number of hydrogen-bond acceptors (Lipinski definition) is 3. The summed E-state index contributed by atoms with van der Waals surface area (Å²) in [7, 11) is 0. The number of nitrogens with zero attached hydrogens (tertiary/aromatic N) is 2. The van der Waals surface area contributed by atoms with Crippen LogP contribution in [0.3, 0.4) is 0 Å². The molecule has 5 nitrogen and oxygen atoms in total. The predicted molar refractivity (Wildman–Crippen MR) is 104 cm³/mol. The van der Waals surface area contributed by atoms with E-state index in [9.17, 15) is 5.11 Å². The molecule has 0 fully saturated rings. The number of hydrogen-bond donors (Lipinski definition) is 2. The minimum atomic E-state index is -0.717. The van der Waals surface area contributed by atoms with Crippen molar-refractivity contribution in [1.82, 2.24) is 9.13 Å². The van der Waals surface area contributed by atoms with Crippen molar-refractivity contribution < 1.29 is 9.84 Å². The molecule has 0 bridgehead atoms. The summed E-state index contributed by atoms with van der Waals surface area (Å²) >= 11 is 5.86. The van der Waals surface area contributed by atoms with Crippen molar-refractivity contribution in [2.75, 3.05) is 6.61 Å². The number of unbranched alkanes of at least 4 members (excludes halogenated alkanes) is 1. The molecule has 0 saturated carbocycles. The van der Waals surface area contributed by atoms with E-state index in [4.69, 9.17) is 21.7 Å². The van der Waals surface area contributed by atoms with Gasteiger partial charge in [-0.3, -0.25) is 5.41 Å². The Morgan fingerprint density at radius 2 is 1.73 bits per heavy atom. The van der Waals surface area contributed by atoms with Crippen LogP contribution in [0.25, 0.3) is 11.0 Å². The summed E-state index contributed by atoms with van der Waals surface area (Å²) in [5, 5.41) is 19.6. The molecular formula is C20H24ClN3O2. The number of nitrogens with one attached hydrogen (secondary N) is 1. The Kier molecular flexibility index (Phi) is 6.01. The smallest absolute Gasteiger partial charge is 0.203 e. The number of rotatable bonds is 8. The van der Waals surface area contributed by atoms with E-state index in [0.29, 0.717) is 22.9 Å². The van der Waals surface area contributed by atoms with Crippen LogP contribution in [-0.4, -0.2) is 27.0 Å². The Balaban J connectivity index is 1.76. The van der Waals surface area contributed by atoms with Crippen molar-refractivity contribution in [3.63, 3.8) is 0 Å². The maximum absolute atomic E-state index is 10.4. The highest BCUT2D eigenvalue weighted by molar-refractivity contribution is 6.30. The van der Waals surface area contributed by atoms with Gasteiger partial charge >= 0.3 is 0 Å². The molecular weight excluding hydrogens is 350 g/mol. The van der Waals surface area contributed by atoms with Crippen LogP contribution in [0.5, 0.6) is 5.75 Å². The van der Waals surface area contributed by atoms with Gasteiger partial charge in [0.1, 0.15) is 18.5 Å². The van der Waals surface area contributed by atoms with E-state index >= 15 is 0 Å². The van der Waals surface area contributed by atoms with Crippen molar-refractivity contribution in [2.24, 2.45) is 0 Å². The Morgan fingerprint density at radius 1 is 1.08 bits per heavy atom. The summed E-state index contributed by atoms with van der Waals surface area (Å²) in [6.07, 6.45) is 1.38. The van der Waals surface area contributed by atoms with E-state index in [1.165, 1.54) is 0 Å². The quantitative estimate of drug-likeness (QED) is 0.630. The number of para-hydroxylation sites is 2. The SMILES string of the molecule is CCCCn1c(=N)n(CC(O)COc2ccc(Cl)cc2)c2ccccc21. The first kappa shape index (κ1) is 18.5. The van der Waals surface area contributed by atoms with Crippen molar-refractivity contribution >= 4 is 22.6 Å². The molecule has 2 aromatic carbocycles. The largest absolute Gasteiger partial charge is 0.491 e. The van der Waals surface area contributed by atoms with Crippen molar-refractivity contribution in [1.29, 1.82) is 5.41 Å². The second-order valence-corrected chi connectivity index (χ2v) is 6.78. The number of aliphatic hydroxyl groups is 1. The van der Waals surface area contributed by atoms with Gasteiger partial charge < -0.3 is 19.0 Å². The van der Waals surface area contributed by atoms with Crippen molar-refractivity contribution in [3.05, 3.63) is 59.2 Å². The van der Waals surface area contributed by atoms with Gasteiger partial charge in [-0.15, -0.1) is 0 Å². The number of benzene rings is 2. The van der Waals surface area contributed by atoms with E-state index in [2.05, 4.69) is 6.92 Å². The van der Waals surface area contributed by atoms with Crippen molar-refractivity contribution in [2.45, 2.75) is 39.0 Å². The first-order valence-corrected chi connectivity index (χ1v) is 9.27. The highest BCUT2D eigenvalue weighted by atomic mass is 35.5. The van der Waals surface area contributed by atoms with Crippen LogP contribution in [0.15, 0.2) is 48.5 Å². The predicted octanol–water partition coefficient (Wildman–Crippen LogP) is 3.82. The molecule has 0 spiro atoms. The summed E-state index contributed by atoms with van der Waals surface area (Å²) in [5.41, 5.74) is 2.39. The maximum Gasteiger partial charge on any atom is 0.203 e. The normalized spacial score (nSPS) is 12.4. The zero-order valence-corrected chi connectivity index (χ0v) is 15.6. The number of aliphatic hydroxyl groups excluding tert-OH is 1. The van der Waals surface area contributed by atoms with Gasteiger partial charge in [0.05, 0.1) is 17.6 Å². The summed E-state index contributed by atoms with van der Waals surface area (Å²) in [6, 6.07) is 15.0. The molecule has 0 saturated heterocycles. The molecule has 0 aliphatic rings. The molecule has 1 unspecified atom stereocenters. The monoisotopic (exact) mass is 373 g/mol. The van der Waals surface area contributed by atoms with E-state index in [0.717, 1.165) is 30.4 Å². The fraction of sp³-hybridized carbons (Fsp3) is 0.350. The summed E-state index contributed by atoms with van der Waals surface area (Å²) in [5.74, 6) is 0.662. The Morgan fingerprint density at radius 3 is 2.38 bits per heavy atom. The molecule has 0 amide bonds. The van der Waals surface area contributed by atoms with E-state index < -0.39 is 6.10 Å². The van der Waals surface area contributed by atoms with E-state index in [1.807, 2.05) is 33.4 Å². The van der Waals surface area contributed by atoms with Crippen molar-refractivity contribution in [3.8, 4) is 5.75 Å². The third-order valence-corrected chi connectivity index (χ3v) is 4.61. The van der Waals surface area contributed by atoms with Gasteiger partial charge in [0.2, 0.25) is 5.62 Å². The average Bonchev–Trinajstić information content (AvgIpc) is 2.91. The van der Waals surface area contributed by atoms with Gasteiger partial charge in [-0.05, 0) is 42.8 Å². The summed E-state index contributed by atoms with van der Waals surface area (Å²) in [6.45, 7) is 3.41. The molecule has 3 aromatic rings. The lowest BCUT2D eigenvalue weighted by atomic mass is 10.3.